The minimum absolute atomic E-state index is 0.577. The maximum atomic E-state index is 5.87. The van der Waals surface area contributed by atoms with E-state index < -0.39 is 0 Å². The van der Waals surface area contributed by atoms with E-state index in [2.05, 4.69) is 44.1 Å². The fraction of sp³-hybridized carbons (Fsp3) is 0.438. The lowest BCUT2D eigenvalue weighted by Crippen LogP contribution is -2.06. The molecular weight excluding hydrogens is 236 g/mol. The first kappa shape index (κ1) is 13.7. The molecule has 0 unspecified atom stereocenters. The minimum Gasteiger partial charge on any atom is -0.487 e. The van der Waals surface area contributed by atoms with Crippen molar-refractivity contribution in [1.29, 1.82) is 0 Å². The number of aryl methyl sites for hydroxylation is 3. The van der Waals surface area contributed by atoms with Crippen LogP contribution in [-0.4, -0.2) is 9.78 Å². The summed E-state index contributed by atoms with van der Waals surface area (Å²) in [7, 11) is 0. The average molecular weight is 258 g/mol. The second-order valence-corrected chi connectivity index (χ2v) is 4.59. The number of hydrogen-bond acceptors (Lipinski definition) is 2. The molecule has 0 saturated heterocycles. The summed E-state index contributed by atoms with van der Waals surface area (Å²) in [5.74, 6) is 0.932. The maximum absolute atomic E-state index is 5.87. The number of ether oxygens (including phenoxy) is 1. The molecule has 1 heterocycles. The van der Waals surface area contributed by atoms with Gasteiger partial charge < -0.3 is 4.74 Å². The fourth-order valence-electron chi connectivity index (χ4n) is 2.09. The number of aromatic nitrogens is 2. The van der Waals surface area contributed by atoms with Crippen LogP contribution in [0.5, 0.6) is 5.75 Å². The first-order valence-electron chi connectivity index (χ1n) is 7.04. The molecule has 1 aromatic carbocycles. The Hall–Kier alpha value is -1.77. The largest absolute Gasteiger partial charge is 0.487 e. The number of rotatable bonds is 6. The third kappa shape index (κ3) is 3.37. The summed E-state index contributed by atoms with van der Waals surface area (Å²) in [6, 6.07) is 10.4. The molecule has 1 aromatic heterocycles. The van der Waals surface area contributed by atoms with Crippen molar-refractivity contribution in [2.45, 2.75) is 46.8 Å². The summed E-state index contributed by atoms with van der Waals surface area (Å²) < 4.78 is 7.89. The molecule has 3 heteroatoms. The molecule has 3 nitrogen and oxygen atoms in total. The molecule has 0 amide bonds. The number of benzene rings is 1. The molecule has 2 aromatic rings. The summed E-state index contributed by atoms with van der Waals surface area (Å²) in [4.78, 5) is 0. The normalized spacial score (nSPS) is 10.7. The Morgan fingerprint density at radius 1 is 1.11 bits per heavy atom. The van der Waals surface area contributed by atoms with Gasteiger partial charge in [0.1, 0.15) is 12.4 Å². The van der Waals surface area contributed by atoms with Crippen molar-refractivity contribution >= 4 is 0 Å². The van der Waals surface area contributed by atoms with Crippen molar-refractivity contribution in [2.24, 2.45) is 0 Å². The second-order valence-electron chi connectivity index (χ2n) is 4.59. The lowest BCUT2D eigenvalue weighted by molar-refractivity contribution is 0.292. The van der Waals surface area contributed by atoms with E-state index in [0.717, 1.165) is 36.5 Å². The van der Waals surface area contributed by atoms with Gasteiger partial charge in [-0.15, -0.1) is 0 Å². The van der Waals surface area contributed by atoms with E-state index in [4.69, 9.17) is 4.74 Å². The van der Waals surface area contributed by atoms with Crippen LogP contribution >= 0.6 is 0 Å². The lowest BCUT2D eigenvalue weighted by atomic mass is 10.2. The van der Waals surface area contributed by atoms with E-state index in [1.54, 1.807) is 0 Å². The Bertz CT molecular complexity index is 531. The average Bonchev–Trinajstić information content (AvgIpc) is 2.87. The Morgan fingerprint density at radius 3 is 2.63 bits per heavy atom. The molecule has 102 valence electrons. The molecule has 0 spiro atoms. The van der Waals surface area contributed by atoms with Crippen molar-refractivity contribution in [3.63, 3.8) is 0 Å². The molecule has 0 aliphatic carbocycles. The standard InChI is InChI=1S/C16H22N2O/c1-4-13-8-7-9-16(10-13)19-12-15-11-14(5-2)17-18(15)6-3/h7-11H,4-6,12H2,1-3H3. The highest BCUT2D eigenvalue weighted by atomic mass is 16.5. The van der Waals surface area contributed by atoms with E-state index in [1.807, 2.05) is 16.8 Å². The van der Waals surface area contributed by atoms with Crippen LogP contribution < -0.4 is 4.74 Å². The topological polar surface area (TPSA) is 27.1 Å². The van der Waals surface area contributed by atoms with Crippen molar-refractivity contribution in [1.82, 2.24) is 9.78 Å². The van der Waals surface area contributed by atoms with Crippen molar-refractivity contribution in [3.05, 3.63) is 47.3 Å². The SMILES string of the molecule is CCc1cccc(OCc2cc(CC)nn2CC)c1. The summed E-state index contributed by atoms with van der Waals surface area (Å²) >= 11 is 0. The molecular formula is C16H22N2O. The molecule has 0 fully saturated rings. The quantitative estimate of drug-likeness (QED) is 0.791. The van der Waals surface area contributed by atoms with Gasteiger partial charge in [-0.05, 0) is 43.5 Å². The predicted octanol–water partition coefficient (Wildman–Crippen LogP) is 3.61. The van der Waals surface area contributed by atoms with Gasteiger partial charge in [-0.25, -0.2) is 0 Å². The van der Waals surface area contributed by atoms with Gasteiger partial charge in [0.05, 0.1) is 11.4 Å². The second kappa shape index (κ2) is 6.41. The van der Waals surface area contributed by atoms with Crippen LogP contribution in [0, 0.1) is 0 Å². The highest BCUT2D eigenvalue weighted by Crippen LogP contribution is 2.16. The van der Waals surface area contributed by atoms with E-state index in [9.17, 15) is 0 Å². The molecule has 19 heavy (non-hydrogen) atoms. The monoisotopic (exact) mass is 258 g/mol. The zero-order valence-electron chi connectivity index (χ0n) is 12.0. The smallest absolute Gasteiger partial charge is 0.130 e. The van der Waals surface area contributed by atoms with Gasteiger partial charge in [-0.2, -0.15) is 5.10 Å². The van der Waals surface area contributed by atoms with Gasteiger partial charge >= 0.3 is 0 Å². The third-order valence-electron chi connectivity index (χ3n) is 3.27. The van der Waals surface area contributed by atoms with Crippen molar-refractivity contribution in [2.75, 3.05) is 0 Å². The zero-order valence-corrected chi connectivity index (χ0v) is 12.0. The highest BCUT2D eigenvalue weighted by molar-refractivity contribution is 5.28. The summed E-state index contributed by atoms with van der Waals surface area (Å²) in [5, 5.41) is 4.53. The molecule has 0 radical (unpaired) electrons. The van der Waals surface area contributed by atoms with E-state index in [-0.39, 0.29) is 0 Å². The molecule has 0 aliphatic heterocycles. The Balaban J connectivity index is 2.07. The first-order valence-corrected chi connectivity index (χ1v) is 7.04. The molecule has 0 atom stereocenters. The Kier molecular flexibility index (Phi) is 4.61. The van der Waals surface area contributed by atoms with Gasteiger partial charge in [-0.3, -0.25) is 4.68 Å². The van der Waals surface area contributed by atoms with Crippen LogP contribution in [0.2, 0.25) is 0 Å². The van der Waals surface area contributed by atoms with E-state index in [1.165, 1.54) is 5.56 Å². The number of nitrogens with zero attached hydrogens (tertiary/aromatic N) is 2. The molecule has 0 saturated carbocycles. The van der Waals surface area contributed by atoms with Gasteiger partial charge in [0.2, 0.25) is 0 Å². The summed E-state index contributed by atoms with van der Waals surface area (Å²) in [6.07, 6.45) is 2.00. The zero-order chi connectivity index (χ0) is 13.7. The van der Waals surface area contributed by atoms with Crippen LogP contribution in [0.3, 0.4) is 0 Å². The van der Waals surface area contributed by atoms with Gasteiger partial charge in [0.15, 0.2) is 0 Å². The number of hydrogen-bond donors (Lipinski definition) is 0. The molecule has 0 N–H and O–H groups in total. The highest BCUT2D eigenvalue weighted by Gasteiger charge is 2.06. The summed E-state index contributed by atoms with van der Waals surface area (Å²) in [5.41, 5.74) is 3.57. The Labute approximate surface area is 115 Å². The van der Waals surface area contributed by atoms with E-state index >= 15 is 0 Å². The maximum Gasteiger partial charge on any atom is 0.130 e. The van der Waals surface area contributed by atoms with E-state index in [0.29, 0.717) is 6.61 Å². The van der Waals surface area contributed by atoms with Crippen LogP contribution in [-0.2, 0) is 26.0 Å². The van der Waals surface area contributed by atoms with Gasteiger partial charge in [0, 0.05) is 6.54 Å². The van der Waals surface area contributed by atoms with Crippen LogP contribution in [0.15, 0.2) is 30.3 Å². The third-order valence-corrected chi connectivity index (χ3v) is 3.27. The summed E-state index contributed by atoms with van der Waals surface area (Å²) in [6.45, 7) is 7.84. The van der Waals surface area contributed by atoms with Crippen LogP contribution in [0.25, 0.3) is 0 Å². The molecule has 2 rings (SSSR count). The predicted molar refractivity (Wildman–Crippen MR) is 77.4 cm³/mol. The van der Waals surface area contributed by atoms with Crippen molar-refractivity contribution in [3.8, 4) is 5.75 Å². The first-order chi connectivity index (χ1) is 9.26. The van der Waals surface area contributed by atoms with Crippen LogP contribution in [0.1, 0.15) is 37.7 Å². The van der Waals surface area contributed by atoms with Crippen LogP contribution in [0.4, 0.5) is 0 Å². The van der Waals surface area contributed by atoms with Gasteiger partial charge in [0.25, 0.3) is 0 Å². The van der Waals surface area contributed by atoms with Gasteiger partial charge in [-0.1, -0.05) is 26.0 Å². The molecule has 0 aliphatic rings. The fourth-order valence-corrected chi connectivity index (χ4v) is 2.09. The minimum atomic E-state index is 0.577. The Morgan fingerprint density at radius 2 is 1.95 bits per heavy atom. The van der Waals surface area contributed by atoms with Crippen molar-refractivity contribution < 1.29 is 4.74 Å². The lowest BCUT2D eigenvalue weighted by Gasteiger charge is -2.08. The molecule has 0 bridgehead atoms.